The Bertz CT molecular complexity index is 731. The van der Waals surface area contributed by atoms with Gasteiger partial charge in [-0.3, -0.25) is 14.4 Å². The average Bonchev–Trinajstić information content (AvgIpc) is 3.35. The lowest BCUT2D eigenvalue weighted by atomic mass is 9.66. The molecule has 3 fully saturated rings. The number of amides is 2. The molecule has 7 nitrogen and oxygen atoms in total. The number of esters is 1. The normalized spacial score (nSPS) is 32.8. The highest BCUT2D eigenvalue weighted by Crippen LogP contribution is 2.68. The van der Waals surface area contributed by atoms with Gasteiger partial charge in [-0.05, 0) is 38.5 Å². The topological polar surface area (TPSA) is 87.2 Å². The van der Waals surface area contributed by atoms with Gasteiger partial charge < -0.3 is 19.6 Å². The van der Waals surface area contributed by atoms with Crippen molar-refractivity contribution >= 4 is 29.5 Å². The molecule has 3 aliphatic rings. The third kappa shape index (κ3) is 4.09. The highest BCUT2D eigenvalue weighted by molar-refractivity contribution is 8.02. The van der Waals surface area contributed by atoms with E-state index >= 15 is 0 Å². The van der Waals surface area contributed by atoms with E-state index in [2.05, 4.69) is 20.4 Å². The molecular formula is C24H38N2O5S. The highest BCUT2D eigenvalue weighted by Gasteiger charge is 2.76. The molecule has 3 rings (SSSR count). The van der Waals surface area contributed by atoms with Gasteiger partial charge in [0.15, 0.2) is 0 Å². The number of hydrogen-bond donors (Lipinski definition) is 1. The van der Waals surface area contributed by atoms with Crippen LogP contribution in [-0.2, 0) is 19.1 Å². The summed E-state index contributed by atoms with van der Waals surface area (Å²) >= 11 is 1.68. The zero-order valence-corrected chi connectivity index (χ0v) is 20.4. The molecule has 180 valence electrons. The molecule has 0 aliphatic carbocycles. The molecule has 0 radical (unpaired) electrons. The Balaban J connectivity index is 2.01. The first-order valence-electron chi connectivity index (χ1n) is 12.0. The number of carbonyl (C=O) groups excluding carboxylic acids is 3. The maximum absolute atomic E-state index is 14.0. The SMILES string of the molecule is C=CCN(CCCC)C(=O)C1N(CCCCO)C(=O)[C@@H]2[C@@H](C(=O)OCC)[C@H]3CC(C)C12S3. The minimum Gasteiger partial charge on any atom is -0.466 e. The molecule has 3 aliphatic heterocycles. The average molecular weight is 467 g/mol. The zero-order valence-electron chi connectivity index (χ0n) is 19.6. The van der Waals surface area contributed by atoms with E-state index in [1.165, 1.54) is 0 Å². The predicted molar refractivity (Wildman–Crippen MR) is 125 cm³/mol. The molecule has 1 spiro atoms. The number of ether oxygens (including phenoxy) is 1. The fourth-order valence-electron chi connectivity index (χ4n) is 5.91. The number of rotatable bonds is 12. The van der Waals surface area contributed by atoms with Crippen molar-refractivity contribution in [2.75, 3.05) is 32.8 Å². The van der Waals surface area contributed by atoms with Gasteiger partial charge >= 0.3 is 5.97 Å². The van der Waals surface area contributed by atoms with E-state index in [-0.39, 0.29) is 42.2 Å². The predicted octanol–water partition coefficient (Wildman–Crippen LogP) is 2.47. The van der Waals surface area contributed by atoms with Crippen molar-refractivity contribution < 1.29 is 24.2 Å². The van der Waals surface area contributed by atoms with Crippen LogP contribution in [0.2, 0.25) is 0 Å². The van der Waals surface area contributed by atoms with Crippen molar-refractivity contribution in [3.63, 3.8) is 0 Å². The number of unbranched alkanes of at least 4 members (excludes halogenated alkanes) is 2. The van der Waals surface area contributed by atoms with Gasteiger partial charge in [-0.25, -0.2) is 0 Å². The van der Waals surface area contributed by atoms with Crippen LogP contribution in [0.15, 0.2) is 12.7 Å². The maximum atomic E-state index is 14.0. The van der Waals surface area contributed by atoms with Crippen LogP contribution in [0.1, 0.15) is 52.9 Å². The van der Waals surface area contributed by atoms with Crippen LogP contribution in [-0.4, -0.2) is 81.6 Å². The van der Waals surface area contributed by atoms with Gasteiger partial charge in [0.1, 0.15) is 6.04 Å². The first kappa shape index (κ1) is 25.1. The summed E-state index contributed by atoms with van der Waals surface area (Å²) in [6, 6.07) is -0.597. The molecule has 3 heterocycles. The van der Waals surface area contributed by atoms with Crippen LogP contribution in [0.25, 0.3) is 0 Å². The van der Waals surface area contributed by atoms with E-state index in [0.717, 1.165) is 19.3 Å². The van der Waals surface area contributed by atoms with Crippen LogP contribution in [0, 0.1) is 17.8 Å². The van der Waals surface area contributed by atoms with Gasteiger partial charge in [0.2, 0.25) is 11.8 Å². The van der Waals surface area contributed by atoms with E-state index < -0.39 is 22.6 Å². The molecule has 0 aromatic rings. The Morgan fingerprint density at radius 3 is 2.72 bits per heavy atom. The molecule has 3 unspecified atom stereocenters. The number of fused-ring (bicyclic) bond motifs is 1. The summed E-state index contributed by atoms with van der Waals surface area (Å²) in [5.74, 6) is -1.33. The number of aliphatic hydroxyl groups excluding tert-OH is 1. The Morgan fingerprint density at radius 2 is 2.09 bits per heavy atom. The van der Waals surface area contributed by atoms with Crippen LogP contribution < -0.4 is 0 Å². The quantitative estimate of drug-likeness (QED) is 0.270. The largest absolute Gasteiger partial charge is 0.466 e. The van der Waals surface area contributed by atoms with Crippen molar-refractivity contribution in [1.82, 2.24) is 9.80 Å². The summed E-state index contributed by atoms with van der Waals surface area (Å²) in [7, 11) is 0. The Kier molecular flexibility index (Phi) is 8.31. The van der Waals surface area contributed by atoms with Gasteiger partial charge in [0.25, 0.3) is 0 Å². The molecule has 2 bridgehead atoms. The van der Waals surface area contributed by atoms with E-state index in [0.29, 0.717) is 32.5 Å². The third-order valence-corrected chi connectivity index (χ3v) is 9.36. The fourth-order valence-corrected chi connectivity index (χ4v) is 8.31. The fraction of sp³-hybridized carbons (Fsp3) is 0.792. The van der Waals surface area contributed by atoms with Gasteiger partial charge in [-0.2, -0.15) is 0 Å². The van der Waals surface area contributed by atoms with Crippen molar-refractivity contribution in [2.45, 2.75) is 68.9 Å². The van der Waals surface area contributed by atoms with Crippen molar-refractivity contribution in [3.8, 4) is 0 Å². The molecule has 0 saturated carbocycles. The second-order valence-electron chi connectivity index (χ2n) is 9.19. The lowest BCUT2D eigenvalue weighted by Crippen LogP contribution is -2.57. The van der Waals surface area contributed by atoms with E-state index in [9.17, 15) is 19.5 Å². The molecule has 3 saturated heterocycles. The highest BCUT2D eigenvalue weighted by atomic mass is 32.2. The van der Waals surface area contributed by atoms with Gasteiger partial charge in [0.05, 0.1) is 23.2 Å². The Morgan fingerprint density at radius 1 is 1.34 bits per heavy atom. The molecular weight excluding hydrogens is 428 g/mol. The Hall–Kier alpha value is -1.54. The lowest BCUT2D eigenvalue weighted by Gasteiger charge is -2.40. The number of hydrogen-bond acceptors (Lipinski definition) is 6. The second kappa shape index (κ2) is 10.6. The number of thioether (sulfide) groups is 1. The summed E-state index contributed by atoms with van der Waals surface area (Å²) < 4.78 is 4.76. The van der Waals surface area contributed by atoms with Gasteiger partial charge in [-0.15, -0.1) is 18.3 Å². The summed E-state index contributed by atoms with van der Waals surface area (Å²) in [4.78, 5) is 44.2. The van der Waals surface area contributed by atoms with Crippen LogP contribution in [0.4, 0.5) is 0 Å². The second-order valence-corrected chi connectivity index (χ2v) is 10.7. The number of likely N-dealkylation sites (tertiary alicyclic amines) is 1. The summed E-state index contributed by atoms with van der Waals surface area (Å²) in [6.07, 6.45) is 5.59. The van der Waals surface area contributed by atoms with Crippen LogP contribution >= 0.6 is 11.8 Å². The van der Waals surface area contributed by atoms with E-state index in [1.54, 1.807) is 29.7 Å². The maximum Gasteiger partial charge on any atom is 0.310 e. The van der Waals surface area contributed by atoms with E-state index in [1.807, 2.05) is 4.90 Å². The lowest BCUT2D eigenvalue weighted by molar-refractivity contribution is -0.154. The summed E-state index contributed by atoms with van der Waals surface area (Å²) in [6.45, 7) is 11.6. The number of aliphatic hydroxyl groups is 1. The zero-order chi connectivity index (χ0) is 23.5. The standard InChI is InChI=1S/C24H38N2O5S/c1-5-8-12-25(11-6-2)22(29)20-24-16(4)15-17(32-24)18(23(30)31-7-3)19(24)21(28)26(20)13-9-10-14-27/h6,16-20,27H,2,5,7-15H2,1,3-4H3/t16?,17-,18+,19+,20?,24?/m1/s1. The first-order chi connectivity index (χ1) is 15.4. The smallest absolute Gasteiger partial charge is 0.310 e. The van der Waals surface area contributed by atoms with Crippen molar-refractivity contribution in [1.29, 1.82) is 0 Å². The minimum atomic E-state index is -0.610. The third-order valence-electron chi connectivity index (χ3n) is 7.29. The molecule has 2 amide bonds. The van der Waals surface area contributed by atoms with Crippen molar-refractivity contribution in [3.05, 3.63) is 12.7 Å². The monoisotopic (exact) mass is 466 g/mol. The molecule has 8 heteroatoms. The number of nitrogens with zero attached hydrogens (tertiary/aromatic N) is 2. The van der Waals surface area contributed by atoms with Gasteiger partial charge in [0, 0.05) is 31.5 Å². The Labute approximate surface area is 195 Å². The number of carbonyl (C=O) groups is 3. The summed E-state index contributed by atoms with van der Waals surface area (Å²) in [5.41, 5.74) is 0. The molecule has 32 heavy (non-hydrogen) atoms. The first-order valence-corrected chi connectivity index (χ1v) is 12.9. The molecule has 0 aromatic carbocycles. The molecule has 6 atom stereocenters. The van der Waals surface area contributed by atoms with Crippen LogP contribution in [0.5, 0.6) is 0 Å². The summed E-state index contributed by atoms with van der Waals surface area (Å²) in [5, 5.41) is 9.27. The molecule has 0 aromatic heterocycles. The van der Waals surface area contributed by atoms with Crippen LogP contribution in [0.3, 0.4) is 0 Å². The minimum absolute atomic E-state index is 0.0105. The van der Waals surface area contributed by atoms with Crippen molar-refractivity contribution in [2.24, 2.45) is 17.8 Å². The van der Waals surface area contributed by atoms with E-state index in [4.69, 9.17) is 4.74 Å². The van der Waals surface area contributed by atoms with Gasteiger partial charge in [-0.1, -0.05) is 26.3 Å². The molecule has 1 N–H and O–H groups in total.